The summed E-state index contributed by atoms with van der Waals surface area (Å²) in [5, 5.41) is 4.40. The second-order valence-corrected chi connectivity index (χ2v) is 8.10. The van der Waals surface area contributed by atoms with Crippen LogP contribution in [0, 0.1) is 6.92 Å². The van der Waals surface area contributed by atoms with Crippen LogP contribution in [0.4, 0.5) is 5.13 Å². The number of amides is 1. The number of benzene rings is 2. The Balaban J connectivity index is 1.41. The number of hydrogen-bond acceptors (Lipinski definition) is 7. The van der Waals surface area contributed by atoms with Crippen molar-refractivity contribution in [3.05, 3.63) is 41.4 Å². The lowest BCUT2D eigenvalue weighted by atomic mass is 10.2. The average Bonchev–Trinajstić information content (AvgIpc) is 3.23. The fourth-order valence-corrected chi connectivity index (χ4v) is 4.73. The van der Waals surface area contributed by atoms with E-state index in [1.54, 1.807) is 17.4 Å². The van der Waals surface area contributed by atoms with Crippen LogP contribution in [-0.2, 0) is 4.79 Å². The van der Waals surface area contributed by atoms with Crippen molar-refractivity contribution >= 4 is 54.1 Å². The summed E-state index contributed by atoms with van der Waals surface area (Å²) in [6, 6.07) is 11.3. The van der Waals surface area contributed by atoms with Gasteiger partial charge in [-0.15, -0.1) is 11.3 Å². The summed E-state index contributed by atoms with van der Waals surface area (Å²) in [6.45, 7) is 2.15. The van der Waals surface area contributed by atoms with Gasteiger partial charge in [0.1, 0.15) is 12.1 Å². The molecule has 1 atom stereocenters. The molecular formula is C18H13N3O3S2. The molecule has 0 saturated heterocycles. The summed E-state index contributed by atoms with van der Waals surface area (Å²) in [4.78, 5) is 21.6. The Morgan fingerprint density at radius 3 is 2.88 bits per heavy atom. The fourth-order valence-electron chi connectivity index (χ4n) is 2.88. The van der Waals surface area contributed by atoms with Gasteiger partial charge in [-0.3, -0.25) is 10.1 Å². The van der Waals surface area contributed by atoms with E-state index in [1.165, 1.54) is 11.3 Å². The summed E-state index contributed by atoms with van der Waals surface area (Å²) in [5.41, 5.74) is 1.81. The monoisotopic (exact) mass is 383 g/mol. The molecule has 0 radical (unpaired) electrons. The molecular weight excluding hydrogens is 370 g/mol. The Morgan fingerprint density at radius 1 is 1.15 bits per heavy atom. The van der Waals surface area contributed by atoms with E-state index >= 15 is 0 Å². The highest BCUT2D eigenvalue weighted by Crippen LogP contribution is 2.35. The number of hydrogen-bond donors (Lipinski definition) is 1. The molecule has 1 aliphatic rings. The zero-order chi connectivity index (χ0) is 17.7. The lowest BCUT2D eigenvalue weighted by Gasteiger charge is -2.25. The number of anilines is 1. The Hall–Kier alpha value is -2.71. The van der Waals surface area contributed by atoms with Crippen LogP contribution in [0.15, 0.2) is 36.4 Å². The van der Waals surface area contributed by atoms with Gasteiger partial charge in [-0.2, -0.15) is 0 Å². The molecule has 1 N–H and O–H groups in total. The number of rotatable bonds is 2. The summed E-state index contributed by atoms with van der Waals surface area (Å²) in [6.07, 6.45) is -0.706. The average molecular weight is 383 g/mol. The van der Waals surface area contributed by atoms with Gasteiger partial charge in [-0.05, 0) is 31.2 Å². The van der Waals surface area contributed by atoms with E-state index < -0.39 is 6.10 Å². The number of para-hydroxylation sites is 2. The standard InChI is InChI=1S/C18H13N3O3S2/c1-9-19-10-6-7-14-15(16(10)25-9)20-18(26-14)21-17(22)13-8-23-11-4-2-3-5-12(11)24-13/h2-7,13H,8H2,1H3,(H,20,21,22). The molecule has 1 amide bonds. The van der Waals surface area contributed by atoms with E-state index in [1.807, 2.05) is 37.3 Å². The fraction of sp³-hybridized carbons (Fsp3) is 0.167. The van der Waals surface area contributed by atoms with Crippen molar-refractivity contribution in [3.8, 4) is 11.5 Å². The van der Waals surface area contributed by atoms with Crippen LogP contribution in [-0.4, -0.2) is 28.6 Å². The van der Waals surface area contributed by atoms with E-state index in [4.69, 9.17) is 9.47 Å². The number of ether oxygens (including phenoxy) is 2. The van der Waals surface area contributed by atoms with Gasteiger partial charge < -0.3 is 9.47 Å². The maximum Gasteiger partial charge on any atom is 0.270 e. The van der Waals surface area contributed by atoms with Crippen molar-refractivity contribution < 1.29 is 14.3 Å². The van der Waals surface area contributed by atoms with E-state index in [-0.39, 0.29) is 12.5 Å². The maximum absolute atomic E-state index is 12.6. The van der Waals surface area contributed by atoms with Gasteiger partial charge in [-0.25, -0.2) is 9.97 Å². The summed E-state index contributed by atoms with van der Waals surface area (Å²) >= 11 is 3.05. The number of nitrogens with one attached hydrogen (secondary N) is 1. The first-order chi connectivity index (χ1) is 12.7. The number of fused-ring (bicyclic) bond motifs is 4. The first-order valence-electron chi connectivity index (χ1n) is 8.03. The maximum atomic E-state index is 12.6. The third kappa shape index (κ3) is 2.58. The minimum absolute atomic E-state index is 0.173. The molecule has 1 unspecified atom stereocenters. The molecule has 0 spiro atoms. The number of aryl methyl sites for hydroxylation is 1. The molecule has 3 heterocycles. The smallest absolute Gasteiger partial charge is 0.270 e. The molecule has 4 aromatic rings. The molecule has 2 aromatic carbocycles. The molecule has 0 saturated carbocycles. The number of carbonyl (C=O) groups excluding carboxylic acids is 1. The molecule has 5 rings (SSSR count). The van der Waals surface area contributed by atoms with E-state index in [0.29, 0.717) is 16.6 Å². The highest BCUT2D eigenvalue weighted by atomic mass is 32.1. The Bertz CT molecular complexity index is 1150. The molecule has 6 nitrogen and oxygen atoms in total. The molecule has 0 fully saturated rings. The van der Waals surface area contributed by atoms with Crippen molar-refractivity contribution in [1.29, 1.82) is 0 Å². The van der Waals surface area contributed by atoms with Crippen LogP contribution >= 0.6 is 22.7 Å². The third-order valence-corrected chi connectivity index (χ3v) is 5.98. The van der Waals surface area contributed by atoms with Crippen LogP contribution in [0.5, 0.6) is 11.5 Å². The van der Waals surface area contributed by atoms with Crippen LogP contribution in [0.1, 0.15) is 5.01 Å². The quantitative estimate of drug-likeness (QED) is 0.566. The summed E-state index contributed by atoms with van der Waals surface area (Å²) < 4.78 is 13.4. The molecule has 130 valence electrons. The van der Waals surface area contributed by atoms with Crippen molar-refractivity contribution in [1.82, 2.24) is 9.97 Å². The Kier molecular flexibility index (Phi) is 3.54. The molecule has 1 aliphatic heterocycles. The van der Waals surface area contributed by atoms with Gasteiger partial charge in [0.15, 0.2) is 16.6 Å². The predicted octanol–water partition coefficient (Wildman–Crippen LogP) is 3.99. The van der Waals surface area contributed by atoms with Crippen molar-refractivity contribution in [2.24, 2.45) is 0 Å². The number of nitrogens with zero attached hydrogens (tertiary/aromatic N) is 2. The molecule has 2 aromatic heterocycles. The summed E-state index contributed by atoms with van der Waals surface area (Å²) in [7, 11) is 0. The van der Waals surface area contributed by atoms with Gasteiger partial charge in [0.05, 0.1) is 19.9 Å². The van der Waals surface area contributed by atoms with Gasteiger partial charge in [0.25, 0.3) is 5.91 Å². The first kappa shape index (κ1) is 15.5. The minimum Gasteiger partial charge on any atom is -0.485 e. The topological polar surface area (TPSA) is 73.3 Å². The first-order valence-corrected chi connectivity index (χ1v) is 9.67. The van der Waals surface area contributed by atoms with E-state index in [2.05, 4.69) is 15.3 Å². The van der Waals surface area contributed by atoms with Gasteiger partial charge in [0, 0.05) is 0 Å². The number of thiazole rings is 2. The molecule has 0 aliphatic carbocycles. The van der Waals surface area contributed by atoms with Crippen LogP contribution in [0.25, 0.3) is 20.4 Å². The highest BCUT2D eigenvalue weighted by Gasteiger charge is 2.28. The largest absolute Gasteiger partial charge is 0.485 e. The Labute approximate surface area is 156 Å². The highest BCUT2D eigenvalue weighted by molar-refractivity contribution is 7.24. The third-order valence-electron chi connectivity index (χ3n) is 4.05. The number of carbonyl (C=O) groups is 1. The van der Waals surface area contributed by atoms with E-state index in [9.17, 15) is 4.79 Å². The predicted molar refractivity (Wildman–Crippen MR) is 103 cm³/mol. The van der Waals surface area contributed by atoms with Gasteiger partial charge in [-0.1, -0.05) is 23.5 Å². The van der Waals surface area contributed by atoms with Gasteiger partial charge >= 0.3 is 0 Å². The zero-order valence-electron chi connectivity index (χ0n) is 13.7. The number of aromatic nitrogens is 2. The molecule has 0 bridgehead atoms. The van der Waals surface area contributed by atoms with Crippen molar-refractivity contribution in [3.63, 3.8) is 0 Å². The van der Waals surface area contributed by atoms with Crippen LogP contribution in [0.2, 0.25) is 0 Å². The van der Waals surface area contributed by atoms with Crippen molar-refractivity contribution in [2.45, 2.75) is 13.0 Å². The second kappa shape index (κ2) is 5.93. The SMILES string of the molecule is Cc1nc2ccc3sc(NC(=O)C4COc5ccccc5O4)nc3c2s1. The zero-order valence-corrected chi connectivity index (χ0v) is 15.3. The lowest BCUT2D eigenvalue weighted by molar-refractivity contribution is -0.125. The molecule has 8 heteroatoms. The van der Waals surface area contributed by atoms with Crippen LogP contribution in [0.3, 0.4) is 0 Å². The minimum atomic E-state index is -0.706. The van der Waals surface area contributed by atoms with Crippen molar-refractivity contribution in [2.75, 3.05) is 11.9 Å². The second-order valence-electron chi connectivity index (χ2n) is 5.87. The lowest BCUT2D eigenvalue weighted by Crippen LogP contribution is -2.40. The molecule has 26 heavy (non-hydrogen) atoms. The Morgan fingerprint density at radius 2 is 2.00 bits per heavy atom. The van der Waals surface area contributed by atoms with E-state index in [0.717, 1.165) is 25.4 Å². The summed E-state index contributed by atoms with van der Waals surface area (Å²) in [5.74, 6) is 0.958. The van der Waals surface area contributed by atoms with Crippen LogP contribution < -0.4 is 14.8 Å². The normalized spacial score (nSPS) is 16.1. The van der Waals surface area contributed by atoms with Gasteiger partial charge in [0.2, 0.25) is 6.10 Å².